The Morgan fingerprint density at radius 2 is 1.41 bits per heavy atom. The van der Waals surface area contributed by atoms with E-state index in [1.165, 1.54) is 0 Å². The first-order valence-corrected chi connectivity index (χ1v) is 15.7. The first kappa shape index (κ1) is 30.0. The summed E-state index contributed by atoms with van der Waals surface area (Å²) in [4.78, 5) is 42.3. The molecular weight excluding hydrogens is 556 g/mol. The molecule has 0 aliphatic carbocycles. The number of benzene rings is 2. The van der Waals surface area contributed by atoms with Crippen molar-refractivity contribution in [2.24, 2.45) is 4.99 Å². The molecule has 2 N–H and O–H groups in total. The fourth-order valence-corrected chi connectivity index (χ4v) is 6.30. The van der Waals surface area contributed by atoms with Crippen LogP contribution >= 0.6 is 0 Å². The molecular formula is C34H44N6O4. The Morgan fingerprint density at radius 1 is 0.818 bits per heavy atom. The Morgan fingerprint density at radius 3 is 2.05 bits per heavy atom. The van der Waals surface area contributed by atoms with E-state index in [0.717, 1.165) is 65.1 Å². The molecule has 234 valence electrons. The van der Waals surface area contributed by atoms with Gasteiger partial charge in [0.15, 0.2) is 0 Å². The number of hydrogen-bond donors (Lipinski definition) is 2. The highest BCUT2D eigenvalue weighted by molar-refractivity contribution is 5.92. The molecule has 3 atom stereocenters. The van der Waals surface area contributed by atoms with Crippen molar-refractivity contribution < 1.29 is 19.1 Å². The van der Waals surface area contributed by atoms with Gasteiger partial charge >= 0.3 is 12.2 Å². The van der Waals surface area contributed by atoms with Gasteiger partial charge in [0.25, 0.3) is 0 Å². The molecule has 3 aliphatic rings. The van der Waals surface area contributed by atoms with Gasteiger partial charge < -0.3 is 19.8 Å². The maximum absolute atomic E-state index is 12.8. The molecule has 2 saturated heterocycles. The van der Waals surface area contributed by atoms with Crippen LogP contribution in [-0.4, -0.2) is 74.7 Å². The maximum atomic E-state index is 12.8. The van der Waals surface area contributed by atoms with Gasteiger partial charge in [0, 0.05) is 13.1 Å². The number of rotatable bonds is 4. The van der Waals surface area contributed by atoms with Crippen LogP contribution in [0.2, 0.25) is 0 Å². The van der Waals surface area contributed by atoms with E-state index in [4.69, 9.17) is 19.5 Å². The predicted octanol–water partition coefficient (Wildman–Crippen LogP) is 6.74. The molecule has 6 rings (SSSR count). The van der Waals surface area contributed by atoms with Crippen LogP contribution in [0, 0.1) is 0 Å². The van der Waals surface area contributed by atoms with Gasteiger partial charge in [-0.1, -0.05) is 30.3 Å². The number of amides is 2. The van der Waals surface area contributed by atoms with E-state index in [0.29, 0.717) is 19.6 Å². The molecule has 2 aromatic carbocycles. The number of nitrogens with one attached hydrogen (secondary N) is 2. The summed E-state index contributed by atoms with van der Waals surface area (Å²) in [7, 11) is 0. The van der Waals surface area contributed by atoms with E-state index in [9.17, 15) is 9.59 Å². The number of aromatic nitrogens is 2. The van der Waals surface area contributed by atoms with E-state index in [1.54, 1.807) is 9.80 Å². The van der Waals surface area contributed by atoms with Crippen molar-refractivity contribution in [3.8, 4) is 11.1 Å². The summed E-state index contributed by atoms with van der Waals surface area (Å²) in [6, 6.07) is 14.7. The highest BCUT2D eigenvalue weighted by Crippen LogP contribution is 2.34. The van der Waals surface area contributed by atoms with Gasteiger partial charge in [-0.25, -0.2) is 14.6 Å². The summed E-state index contributed by atoms with van der Waals surface area (Å²) in [6.45, 7) is 13.3. The molecule has 10 nitrogen and oxygen atoms in total. The van der Waals surface area contributed by atoms with Gasteiger partial charge in [-0.2, -0.15) is 0 Å². The zero-order valence-corrected chi connectivity index (χ0v) is 26.6. The van der Waals surface area contributed by atoms with Crippen LogP contribution < -0.4 is 5.32 Å². The fourth-order valence-electron chi connectivity index (χ4n) is 6.30. The monoisotopic (exact) mass is 600 g/mol. The molecule has 1 unspecified atom stereocenters. The molecule has 3 aromatic rings. The number of carbonyl (C=O) groups is 2. The molecule has 4 heterocycles. The van der Waals surface area contributed by atoms with Gasteiger partial charge in [-0.15, -0.1) is 0 Å². The SMILES string of the molecule is CC(C)(C)OC(=O)N1CCC[C@H]1C1=NCC(c2ccc(-c3ccc4nc([C@@H]5CCCN5C(=O)OC(C)(C)C)[nH]c4c3)cc2)N1. The van der Waals surface area contributed by atoms with Gasteiger partial charge in [0.05, 0.1) is 35.7 Å². The molecule has 0 spiro atoms. The minimum absolute atomic E-state index is 0.0668. The third-order valence-corrected chi connectivity index (χ3v) is 8.31. The zero-order chi connectivity index (χ0) is 31.2. The number of amidine groups is 1. The molecule has 0 radical (unpaired) electrons. The van der Waals surface area contributed by atoms with Gasteiger partial charge in [-0.05, 0) is 96.0 Å². The van der Waals surface area contributed by atoms with Gasteiger partial charge in [-0.3, -0.25) is 14.8 Å². The average Bonchev–Trinajstić information content (AvgIpc) is 3.76. The standard InChI is InChI=1S/C34H44N6O4/c1-33(2,3)43-31(41)39-17-7-9-27(39)29-35-20-26(38-29)22-13-11-21(12-14-22)23-15-16-24-25(19-23)37-30(36-24)28-10-8-18-40(28)32(42)44-34(4,5)6/h11-16,19,26-28H,7-10,17-18,20H2,1-6H3,(H,35,38)(H,36,37)/t26?,27-,28-/m0/s1. The smallest absolute Gasteiger partial charge is 0.410 e. The van der Waals surface area contributed by atoms with E-state index >= 15 is 0 Å². The summed E-state index contributed by atoms with van der Waals surface area (Å²) in [6.07, 6.45) is 3.03. The lowest BCUT2D eigenvalue weighted by Crippen LogP contribution is -2.46. The summed E-state index contributed by atoms with van der Waals surface area (Å²) in [5, 5.41) is 3.58. The maximum Gasteiger partial charge on any atom is 0.410 e. The average molecular weight is 601 g/mol. The van der Waals surface area contributed by atoms with Crippen LogP contribution in [-0.2, 0) is 9.47 Å². The Hall–Kier alpha value is -4.08. The molecule has 2 amide bonds. The summed E-state index contributed by atoms with van der Waals surface area (Å²) >= 11 is 0. The number of aliphatic imine (C=N–C) groups is 1. The quantitative estimate of drug-likeness (QED) is 0.343. The largest absolute Gasteiger partial charge is 0.444 e. The minimum Gasteiger partial charge on any atom is -0.444 e. The van der Waals surface area contributed by atoms with Crippen LogP contribution in [0.1, 0.15) is 90.7 Å². The number of carbonyl (C=O) groups excluding carboxylic acids is 2. The summed E-state index contributed by atoms with van der Waals surface area (Å²) in [5.74, 6) is 1.67. The third-order valence-electron chi connectivity index (χ3n) is 8.31. The lowest BCUT2D eigenvalue weighted by atomic mass is 10.0. The molecule has 1 aromatic heterocycles. The number of hydrogen-bond acceptors (Lipinski definition) is 7. The van der Waals surface area contributed by atoms with Crippen molar-refractivity contribution in [2.75, 3.05) is 19.6 Å². The first-order chi connectivity index (χ1) is 20.8. The zero-order valence-electron chi connectivity index (χ0n) is 26.6. The lowest BCUT2D eigenvalue weighted by Gasteiger charge is -2.29. The minimum atomic E-state index is -0.537. The predicted molar refractivity (Wildman–Crippen MR) is 171 cm³/mol. The Kier molecular flexibility index (Phi) is 7.80. The molecule has 44 heavy (non-hydrogen) atoms. The second-order valence-electron chi connectivity index (χ2n) is 14.1. The van der Waals surface area contributed by atoms with Crippen LogP contribution in [0.25, 0.3) is 22.2 Å². The summed E-state index contributed by atoms with van der Waals surface area (Å²) < 4.78 is 11.3. The van der Waals surface area contributed by atoms with Crippen LogP contribution in [0.3, 0.4) is 0 Å². The van der Waals surface area contributed by atoms with E-state index < -0.39 is 11.2 Å². The van der Waals surface area contributed by atoms with Crippen molar-refractivity contribution in [3.63, 3.8) is 0 Å². The number of fused-ring (bicyclic) bond motifs is 1. The molecule has 0 bridgehead atoms. The van der Waals surface area contributed by atoms with E-state index in [-0.39, 0.29) is 30.3 Å². The number of H-pyrrole nitrogens is 1. The highest BCUT2D eigenvalue weighted by Gasteiger charge is 2.38. The number of likely N-dealkylation sites (tertiary alicyclic amines) is 2. The molecule has 10 heteroatoms. The molecule has 3 aliphatic heterocycles. The van der Waals surface area contributed by atoms with Crippen LogP contribution in [0.5, 0.6) is 0 Å². The van der Waals surface area contributed by atoms with Crippen molar-refractivity contribution in [1.29, 1.82) is 0 Å². The first-order valence-electron chi connectivity index (χ1n) is 15.7. The Bertz CT molecular complexity index is 1570. The third kappa shape index (κ3) is 6.39. The normalized spacial score (nSPS) is 22.3. The van der Waals surface area contributed by atoms with Crippen LogP contribution in [0.15, 0.2) is 47.5 Å². The number of nitrogens with zero attached hydrogens (tertiary/aromatic N) is 4. The Labute approximate surface area is 259 Å². The van der Waals surface area contributed by atoms with Gasteiger partial charge in [0.2, 0.25) is 0 Å². The van der Waals surface area contributed by atoms with Crippen molar-refractivity contribution in [1.82, 2.24) is 25.1 Å². The van der Waals surface area contributed by atoms with Crippen LogP contribution in [0.4, 0.5) is 9.59 Å². The van der Waals surface area contributed by atoms with Gasteiger partial charge in [0.1, 0.15) is 22.9 Å². The number of ether oxygens (including phenoxy) is 2. The van der Waals surface area contributed by atoms with Crippen molar-refractivity contribution in [2.45, 2.75) is 96.6 Å². The number of aromatic amines is 1. The van der Waals surface area contributed by atoms with Crippen molar-refractivity contribution in [3.05, 3.63) is 53.9 Å². The van der Waals surface area contributed by atoms with E-state index in [2.05, 4.69) is 46.7 Å². The number of imidazole rings is 1. The van der Waals surface area contributed by atoms with E-state index in [1.807, 2.05) is 47.6 Å². The highest BCUT2D eigenvalue weighted by atomic mass is 16.6. The summed E-state index contributed by atoms with van der Waals surface area (Å²) in [5.41, 5.74) is 4.11. The Balaban J connectivity index is 1.12. The molecule has 0 saturated carbocycles. The second-order valence-corrected chi connectivity index (χ2v) is 14.1. The molecule has 2 fully saturated rings. The van der Waals surface area contributed by atoms with Crippen molar-refractivity contribution >= 4 is 29.1 Å². The fraction of sp³-hybridized carbons (Fsp3) is 0.529. The second kappa shape index (κ2) is 11.4. The topological polar surface area (TPSA) is 112 Å². The lowest BCUT2D eigenvalue weighted by molar-refractivity contribution is 0.0216.